The van der Waals surface area contributed by atoms with Crippen LogP contribution >= 0.6 is 11.3 Å². The van der Waals surface area contributed by atoms with Crippen molar-refractivity contribution in [3.63, 3.8) is 0 Å². The zero-order chi connectivity index (χ0) is 9.84. The summed E-state index contributed by atoms with van der Waals surface area (Å²) in [5.74, 6) is 0.109. The molecule has 0 amide bonds. The number of hydrogen-bond acceptors (Lipinski definition) is 4. The minimum absolute atomic E-state index is 0.109. The van der Waals surface area contributed by atoms with Crippen LogP contribution < -0.4 is 5.32 Å². The van der Waals surface area contributed by atoms with E-state index in [4.69, 9.17) is 0 Å². The molecule has 0 aliphatic rings. The van der Waals surface area contributed by atoms with Crippen LogP contribution in [0.2, 0.25) is 0 Å². The van der Waals surface area contributed by atoms with Crippen LogP contribution in [0.15, 0.2) is 0 Å². The number of carbonyl (C=O) groups is 1. The average molecular weight is 198 g/mol. The Bertz CT molecular complexity index is 307. The summed E-state index contributed by atoms with van der Waals surface area (Å²) in [5, 5.41) is 4.17. The highest BCUT2D eigenvalue weighted by Gasteiger charge is 2.10. The van der Waals surface area contributed by atoms with E-state index in [1.54, 1.807) is 6.92 Å². The van der Waals surface area contributed by atoms with E-state index in [0.29, 0.717) is 0 Å². The molecule has 4 heteroatoms. The number of hydrogen-bond donors (Lipinski definition) is 1. The fourth-order valence-corrected chi connectivity index (χ4v) is 2.02. The fourth-order valence-electron chi connectivity index (χ4n) is 1.09. The van der Waals surface area contributed by atoms with Crippen LogP contribution in [0.5, 0.6) is 0 Å². The van der Waals surface area contributed by atoms with Crippen molar-refractivity contribution in [1.29, 1.82) is 0 Å². The maximum absolute atomic E-state index is 11.1. The Hall–Kier alpha value is -0.740. The molecule has 0 unspecified atom stereocenters. The number of thiazole rings is 1. The number of ketones is 1. The van der Waals surface area contributed by atoms with E-state index < -0.39 is 0 Å². The van der Waals surface area contributed by atoms with Crippen LogP contribution in [0, 0.1) is 6.92 Å². The summed E-state index contributed by atoms with van der Waals surface area (Å²) in [5.41, 5.74) is 0.852. The van der Waals surface area contributed by atoms with Gasteiger partial charge in [-0.3, -0.25) is 4.79 Å². The normalized spacial score (nSPS) is 10.4. The van der Waals surface area contributed by atoms with E-state index in [-0.39, 0.29) is 5.78 Å². The molecule has 0 aromatic carbocycles. The molecular weight excluding hydrogens is 184 g/mol. The van der Waals surface area contributed by atoms with Crippen molar-refractivity contribution >= 4 is 17.1 Å². The van der Waals surface area contributed by atoms with Gasteiger partial charge in [0.15, 0.2) is 5.78 Å². The van der Waals surface area contributed by atoms with Crippen LogP contribution in [-0.2, 0) is 6.54 Å². The molecule has 1 rings (SSSR count). The molecule has 0 radical (unpaired) electrons. The van der Waals surface area contributed by atoms with Gasteiger partial charge in [0.2, 0.25) is 0 Å². The summed E-state index contributed by atoms with van der Waals surface area (Å²) in [4.78, 5) is 16.2. The second-order valence-corrected chi connectivity index (χ2v) is 3.94. The number of aromatic nitrogens is 1. The van der Waals surface area contributed by atoms with Crippen molar-refractivity contribution in [1.82, 2.24) is 10.3 Å². The van der Waals surface area contributed by atoms with E-state index in [9.17, 15) is 4.79 Å². The predicted molar refractivity (Wildman–Crippen MR) is 54.2 cm³/mol. The zero-order valence-electron chi connectivity index (χ0n) is 8.18. The van der Waals surface area contributed by atoms with Crippen LogP contribution in [0.3, 0.4) is 0 Å². The number of rotatable bonds is 4. The molecule has 0 saturated carbocycles. The molecule has 0 atom stereocenters. The third kappa shape index (κ3) is 2.60. The molecule has 72 valence electrons. The summed E-state index contributed by atoms with van der Waals surface area (Å²) < 4.78 is 0. The smallest absolute Gasteiger partial charge is 0.171 e. The molecule has 1 N–H and O–H groups in total. The Morgan fingerprint density at radius 2 is 2.31 bits per heavy atom. The summed E-state index contributed by atoms with van der Waals surface area (Å²) in [6.07, 6.45) is 0. The number of Topliss-reactive ketones (excluding diaryl/α,β-unsaturated/α-hetero) is 1. The summed E-state index contributed by atoms with van der Waals surface area (Å²) >= 11 is 1.48. The zero-order valence-corrected chi connectivity index (χ0v) is 8.99. The molecule has 0 bridgehead atoms. The molecular formula is C9H14N2OS. The Morgan fingerprint density at radius 1 is 1.62 bits per heavy atom. The molecule has 1 aromatic rings. The molecule has 0 spiro atoms. The van der Waals surface area contributed by atoms with Gasteiger partial charge in [-0.05, 0) is 13.5 Å². The SMILES string of the molecule is CCNCc1nc(C)c(C(C)=O)s1. The van der Waals surface area contributed by atoms with Gasteiger partial charge in [0.1, 0.15) is 5.01 Å². The monoisotopic (exact) mass is 198 g/mol. The second kappa shape index (κ2) is 4.48. The van der Waals surface area contributed by atoms with E-state index in [1.807, 2.05) is 13.8 Å². The van der Waals surface area contributed by atoms with Crippen molar-refractivity contribution in [3.8, 4) is 0 Å². The van der Waals surface area contributed by atoms with E-state index in [1.165, 1.54) is 11.3 Å². The number of nitrogens with one attached hydrogen (secondary N) is 1. The first-order valence-electron chi connectivity index (χ1n) is 4.33. The van der Waals surface area contributed by atoms with Crippen LogP contribution in [0.25, 0.3) is 0 Å². The van der Waals surface area contributed by atoms with Gasteiger partial charge in [0, 0.05) is 13.5 Å². The first-order chi connectivity index (χ1) is 6.15. The largest absolute Gasteiger partial charge is 0.311 e. The van der Waals surface area contributed by atoms with Crippen molar-refractivity contribution in [2.45, 2.75) is 27.3 Å². The minimum atomic E-state index is 0.109. The minimum Gasteiger partial charge on any atom is -0.311 e. The van der Waals surface area contributed by atoms with E-state index in [0.717, 1.165) is 28.7 Å². The Balaban J connectivity index is 2.76. The predicted octanol–water partition coefficient (Wildman–Crippen LogP) is 1.76. The van der Waals surface area contributed by atoms with Gasteiger partial charge in [-0.15, -0.1) is 11.3 Å². The Morgan fingerprint density at radius 3 is 2.77 bits per heavy atom. The van der Waals surface area contributed by atoms with Crippen molar-refractivity contribution in [3.05, 3.63) is 15.6 Å². The lowest BCUT2D eigenvalue weighted by molar-refractivity contribution is 0.102. The van der Waals surface area contributed by atoms with Gasteiger partial charge in [0.05, 0.1) is 10.6 Å². The van der Waals surface area contributed by atoms with E-state index in [2.05, 4.69) is 10.3 Å². The molecule has 0 aliphatic carbocycles. The van der Waals surface area contributed by atoms with Crippen molar-refractivity contribution in [2.24, 2.45) is 0 Å². The Kier molecular flexibility index (Phi) is 3.57. The Labute approximate surface area is 82.2 Å². The molecule has 0 fully saturated rings. The summed E-state index contributed by atoms with van der Waals surface area (Å²) in [7, 11) is 0. The summed E-state index contributed by atoms with van der Waals surface area (Å²) in [6, 6.07) is 0. The molecule has 1 heterocycles. The third-order valence-electron chi connectivity index (χ3n) is 1.69. The fraction of sp³-hybridized carbons (Fsp3) is 0.556. The maximum Gasteiger partial charge on any atom is 0.171 e. The second-order valence-electron chi connectivity index (χ2n) is 2.86. The quantitative estimate of drug-likeness (QED) is 0.750. The molecule has 1 aromatic heterocycles. The highest BCUT2D eigenvalue weighted by molar-refractivity contribution is 7.13. The topological polar surface area (TPSA) is 42.0 Å². The lowest BCUT2D eigenvalue weighted by atomic mass is 10.3. The van der Waals surface area contributed by atoms with Crippen LogP contribution in [-0.4, -0.2) is 17.3 Å². The lowest BCUT2D eigenvalue weighted by Crippen LogP contribution is -2.11. The van der Waals surface area contributed by atoms with Crippen LogP contribution in [0.1, 0.15) is 34.2 Å². The van der Waals surface area contributed by atoms with Gasteiger partial charge >= 0.3 is 0 Å². The third-order valence-corrected chi connectivity index (χ3v) is 2.95. The molecule has 0 aliphatic heterocycles. The molecule has 0 saturated heterocycles. The van der Waals surface area contributed by atoms with Crippen molar-refractivity contribution < 1.29 is 4.79 Å². The molecule has 13 heavy (non-hydrogen) atoms. The lowest BCUT2D eigenvalue weighted by Gasteiger charge is -1.94. The van der Waals surface area contributed by atoms with Crippen LogP contribution in [0.4, 0.5) is 0 Å². The van der Waals surface area contributed by atoms with Gasteiger partial charge < -0.3 is 5.32 Å². The first kappa shape index (κ1) is 10.3. The van der Waals surface area contributed by atoms with Gasteiger partial charge in [-0.1, -0.05) is 6.92 Å². The average Bonchev–Trinajstić information content (AvgIpc) is 2.43. The first-order valence-corrected chi connectivity index (χ1v) is 5.14. The maximum atomic E-state index is 11.1. The van der Waals surface area contributed by atoms with E-state index >= 15 is 0 Å². The summed E-state index contributed by atoms with van der Waals surface area (Å²) in [6.45, 7) is 7.19. The number of aryl methyl sites for hydroxylation is 1. The standard InChI is InChI=1S/C9H14N2OS/c1-4-10-5-8-11-6(2)9(13-8)7(3)12/h10H,4-5H2,1-3H3. The highest BCUT2D eigenvalue weighted by Crippen LogP contribution is 2.18. The van der Waals surface area contributed by atoms with Gasteiger partial charge in [0.25, 0.3) is 0 Å². The van der Waals surface area contributed by atoms with Gasteiger partial charge in [-0.25, -0.2) is 4.98 Å². The molecule has 3 nitrogen and oxygen atoms in total. The highest BCUT2D eigenvalue weighted by atomic mass is 32.1. The number of nitrogens with zero attached hydrogens (tertiary/aromatic N) is 1. The number of carbonyl (C=O) groups excluding carboxylic acids is 1. The van der Waals surface area contributed by atoms with Gasteiger partial charge in [-0.2, -0.15) is 0 Å². The van der Waals surface area contributed by atoms with Crippen molar-refractivity contribution in [2.75, 3.05) is 6.54 Å².